The summed E-state index contributed by atoms with van der Waals surface area (Å²) < 4.78 is 15.8. The molecule has 5 atom stereocenters. The third kappa shape index (κ3) is 4.63. The Morgan fingerprint density at radius 1 is 1.18 bits per heavy atom. The molecule has 13 heteroatoms. The van der Waals surface area contributed by atoms with Gasteiger partial charge in [0.2, 0.25) is 12.4 Å². The largest absolute Gasteiger partial charge is 0.459 e. The average Bonchev–Trinajstić information content (AvgIpc) is 3.52. The van der Waals surface area contributed by atoms with Gasteiger partial charge in [0, 0.05) is 26.2 Å². The summed E-state index contributed by atoms with van der Waals surface area (Å²) in [5.74, 6) is 0.393. The topological polar surface area (TPSA) is 122 Å². The molecule has 0 spiro atoms. The van der Waals surface area contributed by atoms with E-state index < -0.39 is 0 Å². The van der Waals surface area contributed by atoms with E-state index in [0.29, 0.717) is 17.6 Å². The number of hydrogen-bond acceptors (Lipinski definition) is 9. The molecule has 2 aromatic heterocycles. The zero-order valence-corrected chi connectivity index (χ0v) is 20.9. The van der Waals surface area contributed by atoms with Crippen molar-refractivity contribution in [2.24, 2.45) is 30.4 Å². The highest BCUT2D eigenvalue weighted by Crippen LogP contribution is 2.40. The molecule has 4 heterocycles. The smallest absolute Gasteiger partial charge is 0.308 e. The predicted molar refractivity (Wildman–Crippen MR) is 118 cm³/mol. The molecular weight excluding hydrogens is 440 g/mol. The molecule has 4 rings (SSSR count). The number of nitrogens with zero attached hydrogens (tertiary/aromatic N) is 10. The number of hydrogen-bond donors (Lipinski definition) is 0. The van der Waals surface area contributed by atoms with Gasteiger partial charge in [0.15, 0.2) is 0 Å². The van der Waals surface area contributed by atoms with Crippen molar-refractivity contribution in [1.82, 2.24) is 30.0 Å². The standard InChI is InChI=1S/C21H34N10O3/c1-8-18-20(33-15(3)32)14(2)21(34-18)31(7)13-19(24-27-31)30(6,11-16-9-28(4)25-22-16)12-17-10-29(5)26-23-17/h9-10,13-14,18,20-21H,8,11-12H2,1-7H3/q+2. The minimum absolute atomic E-state index is 0.0628. The maximum absolute atomic E-state index is 11.7. The highest BCUT2D eigenvalue weighted by molar-refractivity contribution is 5.66. The molecular formula is C21H34N10O3+2. The highest BCUT2D eigenvalue weighted by atomic mass is 16.6. The SMILES string of the molecule is CCC1OC([N+]2(C)C=C([N+](C)(Cc3cn(C)nn3)Cc3cn(C)nn3)N=N2)C(C)C1OC(C)=O. The molecule has 184 valence electrons. The monoisotopic (exact) mass is 474 g/mol. The van der Waals surface area contributed by atoms with Crippen molar-refractivity contribution in [3.8, 4) is 0 Å². The number of aromatic nitrogens is 6. The first kappa shape index (κ1) is 24.1. The van der Waals surface area contributed by atoms with Gasteiger partial charge in [-0.2, -0.15) is 0 Å². The Balaban J connectivity index is 1.64. The summed E-state index contributed by atoms with van der Waals surface area (Å²) in [7, 11) is 7.71. The van der Waals surface area contributed by atoms with Crippen LogP contribution in [0.25, 0.3) is 0 Å². The van der Waals surface area contributed by atoms with Crippen LogP contribution in [0.5, 0.6) is 0 Å². The first-order chi connectivity index (χ1) is 16.0. The zero-order valence-electron chi connectivity index (χ0n) is 20.9. The van der Waals surface area contributed by atoms with Gasteiger partial charge in [-0.25, -0.2) is 0 Å². The van der Waals surface area contributed by atoms with Crippen LogP contribution in [0.1, 0.15) is 38.6 Å². The summed E-state index contributed by atoms with van der Waals surface area (Å²) in [5.41, 5.74) is 1.66. The minimum Gasteiger partial charge on any atom is -0.459 e. The van der Waals surface area contributed by atoms with E-state index in [1.165, 1.54) is 6.92 Å². The lowest BCUT2D eigenvalue weighted by Gasteiger charge is -2.31. The van der Waals surface area contributed by atoms with Crippen molar-refractivity contribution in [2.45, 2.75) is 58.7 Å². The summed E-state index contributed by atoms with van der Waals surface area (Å²) >= 11 is 0. The summed E-state index contributed by atoms with van der Waals surface area (Å²) in [6.45, 7) is 6.58. The molecule has 0 aliphatic carbocycles. The molecule has 0 N–H and O–H groups in total. The molecule has 34 heavy (non-hydrogen) atoms. The lowest BCUT2D eigenvalue weighted by molar-refractivity contribution is -0.928. The molecule has 2 aliphatic heterocycles. The van der Waals surface area contributed by atoms with Gasteiger partial charge in [0.1, 0.15) is 43.7 Å². The third-order valence-corrected chi connectivity index (χ3v) is 6.46. The second kappa shape index (κ2) is 8.96. The van der Waals surface area contributed by atoms with Crippen LogP contribution < -0.4 is 0 Å². The van der Waals surface area contributed by atoms with Crippen molar-refractivity contribution in [1.29, 1.82) is 0 Å². The Bertz CT molecular complexity index is 1070. The normalized spacial score (nSPS) is 29.0. The Hall–Kier alpha value is -3.03. The molecule has 1 fully saturated rings. The van der Waals surface area contributed by atoms with Crippen LogP contribution >= 0.6 is 0 Å². The molecule has 1 saturated heterocycles. The molecule has 0 aromatic carbocycles. The molecule has 13 nitrogen and oxygen atoms in total. The van der Waals surface area contributed by atoms with E-state index in [0.717, 1.165) is 23.6 Å². The molecule has 0 saturated carbocycles. The van der Waals surface area contributed by atoms with Gasteiger partial charge in [-0.05, 0) is 11.5 Å². The van der Waals surface area contributed by atoms with E-state index in [2.05, 4.69) is 38.0 Å². The van der Waals surface area contributed by atoms with E-state index in [1.54, 1.807) is 9.36 Å². The number of carbonyl (C=O) groups is 1. The summed E-state index contributed by atoms with van der Waals surface area (Å²) in [6.07, 6.45) is 5.69. The summed E-state index contributed by atoms with van der Waals surface area (Å²) in [6, 6.07) is 0. The molecule has 0 amide bonds. The van der Waals surface area contributed by atoms with Crippen LogP contribution in [-0.4, -0.2) is 77.6 Å². The second-order valence-electron chi connectivity index (χ2n) is 9.66. The third-order valence-electron chi connectivity index (χ3n) is 6.46. The summed E-state index contributed by atoms with van der Waals surface area (Å²) in [4.78, 5) is 11.7. The van der Waals surface area contributed by atoms with Crippen molar-refractivity contribution >= 4 is 5.97 Å². The first-order valence-electron chi connectivity index (χ1n) is 11.4. The van der Waals surface area contributed by atoms with Crippen molar-refractivity contribution in [3.63, 3.8) is 0 Å². The van der Waals surface area contributed by atoms with E-state index in [9.17, 15) is 4.79 Å². The maximum atomic E-state index is 11.7. The van der Waals surface area contributed by atoms with Crippen LogP contribution in [0.3, 0.4) is 0 Å². The number of aryl methyl sites for hydroxylation is 2. The van der Waals surface area contributed by atoms with Gasteiger partial charge in [-0.1, -0.05) is 24.3 Å². The van der Waals surface area contributed by atoms with Gasteiger partial charge in [-0.3, -0.25) is 18.6 Å². The van der Waals surface area contributed by atoms with Crippen molar-refractivity contribution < 1.29 is 23.3 Å². The molecule has 5 unspecified atom stereocenters. The van der Waals surface area contributed by atoms with Gasteiger partial charge in [-0.15, -0.1) is 14.8 Å². The van der Waals surface area contributed by atoms with Crippen molar-refractivity contribution in [2.75, 3.05) is 14.1 Å². The molecule has 2 aliphatic rings. The Kier molecular flexibility index (Phi) is 6.36. The van der Waals surface area contributed by atoms with Gasteiger partial charge in [0.25, 0.3) is 0 Å². The number of rotatable bonds is 8. The number of ether oxygens (including phenoxy) is 2. The Labute approximate surface area is 198 Å². The minimum atomic E-state index is -0.336. The van der Waals surface area contributed by atoms with E-state index in [4.69, 9.17) is 9.47 Å². The number of esters is 1. The van der Waals surface area contributed by atoms with Crippen LogP contribution in [0.15, 0.2) is 34.8 Å². The van der Waals surface area contributed by atoms with Crippen LogP contribution in [0, 0.1) is 5.92 Å². The van der Waals surface area contributed by atoms with Crippen LogP contribution in [0.4, 0.5) is 0 Å². The van der Waals surface area contributed by atoms with E-state index >= 15 is 0 Å². The Morgan fingerprint density at radius 3 is 2.24 bits per heavy atom. The molecule has 0 radical (unpaired) electrons. The highest BCUT2D eigenvalue weighted by Gasteiger charge is 2.55. The summed E-state index contributed by atoms with van der Waals surface area (Å²) in [5, 5.41) is 26.0. The zero-order chi connectivity index (χ0) is 24.7. The lowest BCUT2D eigenvalue weighted by Crippen LogP contribution is -2.47. The van der Waals surface area contributed by atoms with Crippen molar-refractivity contribution in [3.05, 3.63) is 35.8 Å². The second-order valence-corrected chi connectivity index (χ2v) is 9.66. The number of carbonyl (C=O) groups excluding carboxylic acids is 1. The fraction of sp³-hybridized carbons (Fsp3) is 0.667. The fourth-order valence-corrected chi connectivity index (χ4v) is 4.85. The van der Waals surface area contributed by atoms with Crippen LogP contribution in [-0.2, 0) is 41.5 Å². The van der Waals surface area contributed by atoms with E-state index in [-0.39, 0.29) is 34.9 Å². The molecule has 2 aromatic rings. The maximum Gasteiger partial charge on any atom is 0.308 e. The Morgan fingerprint density at radius 2 is 1.76 bits per heavy atom. The van der Waals surface area contributed by atoms with Gasteiger partial charge in [0.05, 0.1) is 25.4 Å². The van der Waals surface area contributed by atoms with Gasteiger partial charge >= 0.3 is 11.8 Å². The quantitative estimate of drug-likeness (QED) is 0.419. The fourth-order valence-electron chi connectivity index (χ4n) is 4.85. The van der Waals surface area contributed by atoms with E-state index in [1.807, 2.05) is 53.6 Å². The first-order valence-corrected chi connectivity index (χ1v) is 11.4. The lowest BCUT2D eigenvalue weighted by atomic mass is 9.99. The van der Waals surface area contributed by atoms with Gasteiger partial charge < -0.3 is 9.47 Å². The predicted octanol–water partition coefficient (Wildman–Crippen LogP) is 1.42. The molecule has 0 bridgehead atoms. The number of quaternary nitrogens is 2. The van der Waals surface area contributed by atoms with Crippen LogP contribution in [0.2, 0.25) is 0 Å². The average molecular weight is 475 g/mol.